The molecular weight excluding hydrogens is 316 g/mol. The van der Waals surface area contributed by atoms with E-state index in [0.29, 0.717) is 12.2 Å². The van der Waals surface area contributed by atoms with Gasteiger partial charge in [0, 0.05) is 6.42 Å². The number of amides is 1. The van der Waals surface area contributed by atoms with Crippen LogP contribution in [0.15, 0.2) is 42.5 Å². The average molecular weight is 335 g/mol. The molecule has 0 fully saturated rings. The lowest BCUT2D eigenvalue weighted by Crippen LogP contribution is -2.39. The summed E-state index contributed by atoms with van der Waals surface area (Å²) in [7, 11) is 0. The van der Waals surface area contributed by atoms with Crippen LogP contribution in [0.25, 0.3) is 0 Å². The van der Waals surface area contributed by atoms with Gasteiger partial charge in [0.15, 0.2) is 0 Å². The maximum atomic E-state index is 13.6. The van der Waals surface area contributed by atoms with E-state index < -0.39 is 29.1 Å². The predicted octanol–water partition coefficient (Wildman–Crippen LogP) is 2.83. The van der Waals surface area contributed by atoms with Crippen molar-refractivity contribution < 1.29 is 23.4 Å². The van der Waals surface area contributed by atoms with Crippen LogP contribution in [0.5, 0.6) is 5.75 Å². The maximum Gasteiger partial charge on any atom is 0.257 e. The number of rotatable bonds is 7. The first-order chi connectivity index (χ1) is 11.5. The van der Waals surface area contributed by atoms with Crippen LogP contribution in [0, 0.1) is 18.6 Å². The summed E-state index contributed by atoms with van der Waals surface area (Å²) in [5, 5.41) is 11.7. The molecule has 2 N–H and O–H groups in total. The number of carbonyl (C=O) groups is 1. The van der Waals surface area contributed by atoms with Gasteiger partial charge in [-0.05, 0) is 31.2 Å². The van der Waals surface area contributed by atoms with Crippen LogP contribution in [0.2, 0.25) is 0 Å². The first-order valence-electron chi connectivity index (χ1n) is 7.56. The van der Waals surface area contributed by atoms with Crippen molar-refractivity contribution in [3.05, 3.63) is 65.2 Å². The predicted molar refractivity (Wildman–Crippen MR) is 86.0 cm³/mol. The third-order valence-electron chi connectivity index (χ3n) is 3.50. The molecule has 24 heavy (non-hydrogen) atoms. The van der Waals surface area contributed by atoms with Crippen LogP contribution in [0.3, 0.4) is 0 Å². The minimum absolute atomic E-state index is 0.244. The largest absolute Gasteiger partial charge is 0.494 e. The number of nitrogens with one attached hydrogen (secondary N) is 1. The first kappa shape index (κ1) is 17.9. The van der Waals surface area contributed by atoms with Crippen molar-refractivity contribution in [3.8, 4) is 5.75 Å². The minimum Gasteiger partial charge on any atom is -0.494 e. The van der Waals surface area contributed by atoms with Crippen molar-refractivity contribution >= 4 is 5.91 Å². The number of aliphatic hydroxyl groups excluding tert-OH is 1. The SMILES string of the molecule is Cc1ccc(OCCC(CO)NC(=O)c2c(F)cccc2F)cc1. The van der Waals surface area contributed by atoms with Gasteiger partial charge in [-0.1, -0.05) is 23.8 Å². The van der Waals surface area contributed by atoms with Crippen LogP contribution in [0.4, 0.5) is 8.78 Å². The molecule has 4 nitrogen and oxygen atoms in total. The number of hydrogen-bond acceptors (Lipinski definition) is 3. The fourth-order valence-electron chi connectivity index (χ4n) is 2.13. The van der Waals surface area contributed by atoms with E-state index in [9.17, 15) is 18.7 Å². The van der Waals surface area contributed by atoms with Gasteiger partial charge in [-0.3, -0.25) is 4.79 Å². The minimum atomic E-state index is -0.944. The summed E-state index contributed by atoms with van der Waals surface area (Å²) in [5.41, 5.74) is 0.449. The van der Waals surface area contributed by atoms with Gasteiger partial charge in [0.2, 0.25) is 0 Å². The Morgan fingerprint density at radius 3 is 2.38 bits per heavy atom. The van der Waals surface area contributed by atoms with Crippen molar-refractivity contribution in [1.29, 1.82) is 0 Å². The van der Waals surface area contributed by atoms with Crippen LogP contribution >= 0.6 is 0 Å². The van der Waals surface area contributed by atoms with Crippen molar-refractivity contribution in [2.24, 2.45) is 0 Å². The molecule has 1 amide bonds. The smallest absolute Gasteiger partial charge is 0.257 e. The highest BCUT2D eigenvalue weighted by Crippen LogP contribution is 2.13. The summed E-state index contributed by atoms with van der Waals surface area (Å²) >= 11 is 0. The molecule has 0 aliphatic carbocycles. The van der Waals surface area contributed by atoms with Gasteiger partial charge in [-0.2, -0.15) is 0 Å². The Kier molecular flexibility index (Phi) is 6.26. The normalized spacial score (nSPS) is 11.8. The van der Waals surface area contributed by atoms with Crippen molar-refractivity contribution in [3.63, 3.8) is 0 Å². The lowest BCUT2D eigenvalue weighted by atomic mass is 10.1. The van der Waals surface area contributed by atoms with E-state index in [1.807, 2.05) is 31.2 Å². The van der Waals surface area contributed by atoms with Gasteiger partial charge in [-0.15, -0.1) is 0 Å². The van der Waals surface area contributed by atoms with E-state index >= 15 is 0 Å². The van der Waals surface area contributed by atoms with E-state index in [1.165, 1.54) is 6.07 Å². The molecule has 2 aromatic carbocycles. The summed E-state index contributed by atoms with van der Waals surface area (Å²) in [6.07, 6.45) is 0.298. The van der Waals surface area contributed by atoms with Gasteiger partial charge in [0.05, 0.1) is 19.3 Å². The summed E-state index contributed by atoms with van der Waals surface area (Å²) < 4.78 is 32.7. The van der Waals surface area contributed by atoms with E-state index in [2.05, 4.69) is 5.32 Å². The Hall–Kier alpha value is -2.47. The van der Waals surface area contributed by atoms with E-state index in [4.69, 9.17) is 4.74 Å². The van der Waals surface area contributed by atoms with E-state index in [-0.39, 0.29) is 13.2 Å². The number of benzene rings is 2. The Balaban J connectivity index is 1.89. The third-order valence-corrected chi connectivity index (χ3v) is 3.50. The zero-order valence-corrected chi connectivity index (χ0v) is 13.3. The van der Waals surface area contributed by atoms with Crippen LogP contribution < -0.4 is 10.1 Å². The standard InChI is InChI=1S/C18H19F2NO3/c1-12-5-7-14(8-6-12)24-10-9-13(11-22)21-18(23)17-15(19)3-2-4-16(17)20/h2-8,13,22H,9-11H2,1H3,(H,21,23). The van der Waals surface area contributed by atoms with Gasteiger partial charge in [0.25, 0.3) is 5.91 Å². The quantitative estimate of drug-likeness (QED) is 0.818. The molecule has 128 valence electrons. The molecule has 0 saturated carbocycles. The summed E-state index contributed by atoms with van der Waals surface area (Å²) in [6, 6.07) is 9.97. The molecule has 0 aliphatic rings. The molecule has 0 aliphatic heterocycles. The first-order valence-corrected chi connectivity index (χ1v) is 7.56. The van der Waals surface area contributed by atoms with Crippen molar-refractivity contribution in [2.45, 2.75) is 19.4 Å². The van der Waals surface area contributed by atoms with Crippen LogP contribution in [-0.4, -0.2) is 30.3 Å². The van der Waals surface area contributed by atoms with Crippen LogP contribution in [0.1, 0.15) is 22.3 Å². The third kappa shape index (κ3) is 4.76. The fourth-order valence-corrected chi connectivity index (χ4v) is 2.13. The molecule has 0 spiro atoms. The fraction of sp³-hybridized carbons (Fsp3) is 0.278. The molecule has 1 atom stereocenters. The van der Waals surface area contributed by atoms with Gasteiger partial charge in [-0.25, -0.2) is 8.78 Å². The second-order valence-electron chi connectivity index (χ2n) is 5.40. The highest BCUT2D eigenvalue weighted by atomic mass is 19.1. The number of ether oxygens (including phenoxy) is 1. The van der Waals surface area contributed by atoms with Gasteiger partial charge >= 0.3 is 0 Å². The molecule has 6 heteroatoms. The molecule has 0 bridgehead atoms. The molecule has 0 saturated heterocycles. The zero-order chi connectivity index (χ0) is 17.5. The van der Waals surface area contributed by atoms with Crippen molar-refractivity contribution in [2.75, 3.05) is 13.2 Å². The van der Waals surface area contributed by atoms with Crippen molar-refractivity contribution in [1.82, 2.24) is 5.32 Å². The topological polar surface area (TPSA) is 58.6 Å². The second-order valence-corrected chi connectivity index (χ2v) is 5.40. The number of halogens is 2. The van der Waals surface area contributed by atoms with E-state index in [0.717, 1.165) is 17.7 Å². The van der Waals surface area contributed by atoms with Crippen LogP contribution in [-0.2, 0) is 0 Å². The lowest BCUT2D eigenvalue weighted by Gasteiger charge is -2.17. The number of carbonyl (C=O) groups excluding carboxylic acids is 1. The summed E-state index contributed by atoms with van der Waals surface area (Å²) in [5.74, 6) is -2.12. The molecule has 2 rings (SSSR count). The molecule has 0 aromatic heterocycles. The zero-order valence-electron chi connectivity index (χ0n) is 13.3. The second kappa shape index (κ2) is 8.40. The number of hydrogen-bond donors (Lipinski definition) is 2. The number of aryl methyl sites for hydroxylation is 1. The molecule has 0 radical (unpaired) electrons. The Bertz CT molecular complexity index is 669. The average Bonchev–Trinajstić information content (AvgIpc) is 2.55. The number of aliphatic hydroxyl groups is 1. The molecule has 1 unspecified atom stereocenters. The Labute approximate surface area is 139 Å². The Morgan fingerprint density at radius 2 is 1.79 bits per heavy atom. The maximum absolute atomic E-state index is 13.6. The highest BCUT2D eigenvalue weighted by Gasteiger charge is 2.20. The molecule has 2 aromatic rings. The Morgan fingerprint density at radius 1 is 1.17 bits per heavy atom. The monoisotopic (exact) mass is 335 g/mol. The molecule has 0 heterocycles. The van der Waals surface area contributed by atoms with Gasteiger partial charge in [0.1, 0.15) is 22.9 Å². The molecular formula is C18H19F2NO3. The highest BCUT2D eigenvalue weighted by molar-refractivity contribution is 5.94. The van der Waals surface area contributed by atoms with Gasteiger partial charge < -0.3 is 15.2 Å². The van der Waals surface area contributed by atoms with E-state index in [1.54, 1.807) is 0 Å². The summed E-state index contributed by atoms with van der Waals surface area (Å²) in [6.45, 7) is 1.84. The summed E-state index contributed by atoms with van der Waals surface area (Å²) in [4.78, 5) is 12.0. The lowest BCUT2D eigenvalue weighted by molar-refractivity contribution is 0.0898.